The van der Waals surface area contributed by atoms with E-state index < -0.39 is 0 Å². The van der Waals surface area contributed by atoms with E-state index in [9.17, 15) is 9.59 Å². The van der Waals surface area contributed by atoms with E-state index in [0.717, 1.165) is 25.1 Å². The summed E-state index contributed by atoms with van der Waals surface area (Å²) in [6, 6.07) is 7.05. The average molecular weight is 334 g/mol. The third-order valence-electron chi connectivity index (χ3n) is 4.29. The molecule has 1 atom stereocenters. The van der Waals surface area contributed by atoms with Crippen molar-refractivity contribution in [3.05, 3.63) is 29.8 Å². The lowest BCUT2D eigenvalue weighted by Gasteiger charge is -2.31. The molecule has 1 fully saturated rings. The van der Waals surface area contributed by atoms with E-state index in [2.05, 4.69) is 4.90 Å². The fraction of sp³-hybridized carbons (Fsp3) is 0.556. The Hall–Kier alpha value is -2.08. The third-order valence-corrected chi connectivity index (χ3v) is 4.29. The van der Waals surface area contributed by atoms with Crippen molar-refractivity contribution in [3.63, 3.8) is 0 Å². The summed E-state index contributed by atoms with van der Waals surface area (Å²) >= 11 is 0. The molecule has 1 aliphatic heterocycles. The molecule has 1 amide bonds. The van der Waals surface area contributed by atoms with Crippen LogP contribution in [0.1, 0.15) is 25.8 Å². The number of carbonyl (C=O) groups is 2. The summed E-state index contributed by atoms with van der Waals surface area (Å²) < 4.78 is 10.6. The van der Waals surface area contributed by atoms with Gasteiger partial charge in [-0.2, -0.15) is 0 Å². The van der Waals surface area contributed by atoms with E-state index in [0.29, 0.717) is 18.8 Å². The average Bonchev–Trinajstić information content (AvgIpc) is 2.60. The van der Waals surface area contributed by atoms with Crippen LogP contribution in [-0.2, 0) is 16.1 Å². The Bertz CT molecular complexity index is 551. The smallest absolute Gasteiger partial charge is 0.415 e. The van der Waals surface area contributed by atoms with E-state index in [-0.39, 0.29) is 24.6 Å². The lowest BCUT2D eigenvalue weighted by atomic mass is 10.1. The predicted octanol–water partition coefficient (Wildman–Crippen LogP) is 2.52. The van der Waals surface area contributed by atoms with Gasteiger partial charge in [-0.05, 0) is 31.2 Å². The fourth-order valence-corrected chi connectivity index (χ4v) is 2.27. The molecular formula is C18H26N2O4. The summed E-state index contributed by atoms with van der Waals surface area (Å²) in [5, 5.41) is 0. The van der Waals surface area contributed by atoms with Gasteiger partial charge in [-0.25, -0.2) is 4.79 Å². The highest BCUT2D eigenvalue weighted by Crippen LogP contribution is 2.15. The Labute approximate surface area is 143 Å². The van der Waals surface area contributed by atoms with Crippen molar-refractivity contribution < 1.29 is 19.1 Å². The van der Waals surface area contributed by atoms with Crippen molar-refractivity contribution in [2.24, 2.45) is 5.92 Å². The number of hydrogen-bond acceptors (Lipinski definition) is 5. The van der Waals surface area contributed by atoms with Crippen LogP contribution in [0, 0.1) is 5.92 Å². The molecule has 0 aliphatic carbocycles. The molecule has 0 saturated carbocycles. The number of hydrogen-bond donors (Lipinski definition) is 0. The maximum absolute atomic E-state index is 12.1. The van der Waals surface area contributed by atoms with Gasteiger partial charge in [0.1, 0.15) is 12.4 Å². The summed E-state index contributed by atoms with van der Waals surface area (Å²) in [6.45, 7) is 7.11. The highest BCUT2D eigenvalue weighted by molar-refractivity contribution is 5.72. The Morgan fingerprint density at radius 1 is 1.12 bits per heavy atom. The van der Waals surface area contributed by atoms with Gasteiger partial charge in [0, 0.05) is 26.2 Å². The van der Waals surface area contributed by atoms with Crippen LogP contribution in [0.3, 0.4) is 0 Å². The number of benzene rings is 1. The van der Waals surface area contributed by atoms with E-state index in [1.807, 2.05) is 20.9 Å². The molecule has 1 aromatic carbocycles. The molecular weight excluding hydrogens is 308 g/mol. The van der Waals surface area contributed by atoms with Gasteiger partial charge >= 0.3 is 12.1 Å². The van der Waals surface area contributed by atoms with Crippen molar-refractivity contribution in [1.82, 2.24) is 9.80 Å². The normalized spacial score (nSPS) is 16.5. The SMILES string of the molecule is CCC(C)C(=O)OCc1ccc(OC(=O)N2CCN(C)CC2)cc1. The summed E-state index contributed by atoms with van der Waals surface area (Å²) in [5.41, 5.74) is 0.867. The van der Waals surface area contributed by atoms with Gasteiger partial charge in [0.2, 0.25) is 0 Å². The Kier molecular flexibility index (Phi) is 6.61. The van der Waals surface area contributed by atoms with Crippen molar-refractivity contribution in [2.45, 2.75) is 26.9 Å². The standard InChI is InChI=1S/C18H26N2O4/c1-4-14(2)17(21)23-13-15-5-7-16(8-6-15)24-18(22)20-11-9-19(3)10-12-20/h5-8,14H,4,9-13H2,1-3H3. The van der Waals surface area contributed by atoms with Crippen molar-refractivity contribution in [3.8, 4) is 5.75 Å². The van der Waals surface area contributed by atoms with E-state index >= 15 is 0 Å². The molecule has 1 aromatic rings. The molecule has 2 rings (SSSR count). The summed E-state index contributed by atoms with van der Waals surface area (Å²) in [4.78, 5) is 27.6. The highest BCUT2D eigenvalue weighted by atomic mass is 16.6. The number of carbonyl (C=O) groups excluding carboxylic acids is 2. The second-order valence-corrected chi connectivity index (χ2v) is 6.22. The second-order valence-electron chi connectivity index (χ2n) is 6.22. The molecule has 132 valence electrons. The molecule has 1 heterocycles. The number of ether oxygens (including phenoxy) is 2. The molecule has 0 aromatic heterocycles. The van der Waals surface area contributed by atoms with Crippen LogP contribution in [0.15, 0.2) is 24.3 Å². The van der Waals surface area contributed by atoms with Crippen molar-refractivity contribution in [1.29, 1.82) is 0 Å². The zero-order valence-electron chi connectivity index (χ0n) is 14.7. The molecule has 0 bridgehead atoms. The van der Waals surface area contributed by atoms with Gasteiger partial charge in [-0.15, -0.1) is 0 Å². The molecule has 0 spiro atoms. The van der Waals surface area contributed by atoms with Crippen LogP contribution in [0.5, 0.6) is 5.75 Å². The van der Waals surface area contributed by atoms with E-state index in [4.69, 9.17) is 9.47 Å². The quantitative estimate of drug-likeness (QED) is 0.775. The van der Waals surface area contributed by atoms with Crippen molar-refractivity contribution in [2.75, 3.05) is 33.2 Å². The second kappa shape index (κ2) is 8.68. The number of amides is 1. The molecule has 1 saturated heterocycles. The van der Waals surface area contributed by atoms with Crippen LogP contribution in [0.25, 0.3) is 0 Å². The number of piperazine rings is 1. The number of likely N-dealkylation sites (N-methyl/N-ethyl adjacent to an activating group) is 1. The lowest BCUT2D eigenvalue weighted by Crippen LogP contribution is -2.48. The first-order valence-electron chi connectivity index (χ1n) is 8.40. The largest absolute Gasteiger partial charge is 0.461 e. The Morgan fingerprint density at radius 2 is 1.75 bits per heavy atom. The molecule has 1 aliphatic rings. The minimum Gasteiger partial charge on any atom is -0.461 e. The molecule has 24 heavy (non-hydrogen) atoms. The monoisotopic (exact) mass is 334 g/mol. The van der Waals surface area contributed by atoms with Gasteiger partial charge in [0.25, 0.3) is 0 Å². The molecule has 0 N–H and O–H groups in total. The van der Waals surface area contributed by atoms with Crippen LogP contribution in [0.4, 0.5) is 4.79 Å². The van der Waals surface area contributed by atoms with Crippen LogP contribution in [0.2, 0.25) is 0 Å². The third kappa shape index (κ3) is 5.23. The minimum absolute atomic E-state index is 0.0891. The van der Waals surface area contributed by atoms with Crippen LogP contribution < -0.4 is 4.74 Å². The molecule has 0 radical (unpaired) electrons. The maximum Gasteiger partial charge on any atom is 0.415 e. The Balaban J connectivity index is 1.81. The number of esters is 1. The van der Waals surface area contributed by atoms with E-state index in [1.54, 1.807) is 29.2 Å². The number of nitrogens with zero attached hydrogens (tertiary/aromatic N) is 2. The predicted molar refractivity (Wildman–Crippen MR) is 90.8 cm³/mol. The first-order valence-corrected chi connectivity index (χ1v) is 8.40. The van der Waals surface area contributed by atoms with Gasteiger partial charge in [0.05, 0.1) is 5.92 Å². The molecule has 1 unspecified atom stereocenters. The maximum atomic E-state index is 12.1. The van der Waals surface area contributed by atoms with Gasteiger partial charge in [-0.3, -0.25) is 4.79 Å². The summed E-state index contributed by atoms with van der Waals surface area (Å²) in [6.07, 6.45) is 0.444. The summed E-state index contributed by atoms with van der Waals surface area (Å²) in [7, 11) is 2.04. The lowest BCUT2D eigenvalue weighted by molar-refractivity contribution is -0.149. The van der Waals surface area contributed by atoms with Crippen molar-refractivity contribution >= 4 is 12.1 Å². The molecule has 6 heteroatoms. The van der Waals surface area contributed by atoms with Gasteiger partial charge in [-0.1, -0.05) is 26.0 Å². The van der Waals surface area contributed by atoms with E-state index in [1.165, 1.54) is 0 Å². The minimum atomic E-state index is -0.320. The first-order chi connectivity index (χ1) is 11.5. The highest BCUT2D eigenvalue weighted by Gasteiger charge is 2.20. The number of rotatable bonds is 5. The zero-order chi connectivity index (χ0) is 17.5. The molecule has 6 nitrogen and oxygen atoms in total. The van der Waals surface area contributed by atoms with Crippen LogP contribution in [-0.4, -0.2) is 55.1 Å². The summed E-state index contributed by atoms with van der Waals surface area (Å²) in [5.74, 6) is 0.216. The first kappa shape index (κ1) is 18.3. The Morgan fingerprint density at radius 3 is 2.33 bits per heavy atom. The van der Waals surface area contributed by atoms with Crippen LogP contribution >= 0.6 is 0 Å². The van der Waals surface area contributed by atoms with Gasteiger partial charge in [0.15, 0.2) is 0 Å². The fourth-order valence-electron chi connectivity index (χ4n) is 2.27. The zero-order valence-corrected chi connectivity index (χ0v) is 14.7. The topological polar surface area (TPSA) is 59.1 Å². The van der Waals surface area contributed by atoms with Gasteiger partial charge < -0.3 is 19.3 Å².